The summed E-state index contributed by atoms with van der Waals surface area (Å²) in [7, 11) is 2.19. The van der Waals surface area contributed by atoms with Gasteiger partial charge in [-0.1, -0.05) is 62.6 Å². The maximum atomic E-state index is 12.8. The van der Waals surface area contributed by atoms with Crippen LogP contribution in [0, 0.1) is 0 Å². The Kier molecular flexibility index (Phi) is 7.94. The summed E-state index contributed by atoms with van der Waals surface area (Å²) in [6.45, 7) is 7.09. The molecule has 8 nitrogen and oxygen atoms in total. The number of aromatic nitrogens is 3. The number of aromatic hydroxyl groups is 2. The number of amides is 1. The Bertz CT molecular complexity index is 1200. The number of carbonyl (C=O) groups excluding carboxylic acids is 1. The van der Waals surface area contributed by atoms with Crippen LogP contribution in [-0.4, -0.2) is 55.6 Å². The number of carbonyl (C=O) groups is 1. The Balaban J connectivity index is 1.72. The van der Waals surface area contributed by atoms with Crippen LogP contribution in [0.2, 0.25) is 0 Å². The van der Waals surface area contributed by atoms with Gasteiger partial charge >= 0.3 is 0 Å². The molecule has 0 saturated heterocycles. The zero-order valence-corrected chi connectivity index (χ0v) is 21.7. The molecule has 1 aliphatic carbocycles. The number of hydrogen-bond acceptors (Lipinski definition) is 6. The molecule has 1 heterocycles. The fourth-order valence-corrected chi connectivity index (χ4v) is 5.03. The van der Waals surface area contributed by atoms with Crippen LogP contribution in [0.5, 0.6) is 11.5 Å². The minimum Gasteiger partial charge on any atom is -0.508 e. The largest absolute Gasteiger partial charge is 0.508 e. The molecule has 0 atom stereocenters. The predicted octanol–water partition coefficient (Wildman–Crippen LogP) is 4.98. The molecular formula is C28H37N5O3. The molecule has 4 rings (SSSR count). The van der Waals surface area contributed by atoms with Crippen LogP contribution in [-0.2, 0) is 6.54 Å². The second-order valence-corrected chi connectivity index (χ2v) is 10.0. The maximum absolute atomic E-state index is 12.8. The average Bonchev–Trinajstić information content (AvgIpc) is 3.30. The molecule has 1 aromatic heterocycles. The molecule has 1 fully saturated rings. The van der Waals surface area contributed by atoms with Gasteiger partial charge in [0, 0.05) is 30.8 Å². The van der Waals surface area contributed by atoms with E-state index >= 15 is 0 Å². The third-order valence-electron chi connectivity index (χ3n) is 7.05. The van der Waals surface area contributed by atoms with E-state index in [4.69, 9.17) is 0 Å². The highest BCUT2D eigenvalue weighted by molar-refractivity contribution is 5.98. The smallest absolute Gasteiger partial charge is 0.274 e. The number of rotatable bonds is 8. The van der Waals surface area contributed by atoms with Gasteiger partial charge < -0.3 is 15.5 Å². The molecule has 0 aliphatic heterocycles. The predicted molar refractivity (Wildman–Crippen MR) is 141 cm³/mol. The van der Waals surface area contributed by atoms with Crippen LogP contribution in [0.25, 0.3) is 16.9 Å². The lowest BCUT2D eigenvalue weighted by atomic mass is 9.94. The monoisotopic (exact) mass is 491 g/mol. The number of phenolic OH excluding ortho intramolecular Hbond substituents is 2. The molecule has 1 aliphatic rings. The van der Waals surface area contributed by atoms with E-state index in [1.165, 1.54) is 48.4 Å². The number of phenols is 2. The van der Waals surface area contributed by atoms with Crippen molar-refractivity contribution in [1.29, 1.82) is 0 Å². The van der Waals surface area contributed by atoms with E-state index in [1.807, 2.05) is 32.9 Å². The maximum Gasteiger partial charge on any atom is 0.274 e. The fraction of sp³-hybridized carbons (Fsp3) is 0.464. The molecule has 0 radical (unpaired) electrons. The second-order valence-electron chi connectivity index (χ2n) is 10.0. The van der Waals surface area contributed by atoms with Crippen molar-refractivity contribution in [2.24, 2.45) is 0 Å². The molecule has 3 aromatic rings. The zero-order valence-electron chi connectivity index (χ0n) is 21.7. The van der Waals surface area contributed by atoms with Gasteiger partial charge in [-0.05, 0) is 49.9 Å². The summed E-state index contributed by atoms with van der Waals surface area (Å²) in [4.78, 5) is 15.3. The SMILES string of the molecule is CCNC(=O)c1nnn(-c2cc(C(C)C)c(O)cc2O)c1-c1ccc(CN(C)C2CCCCC2)cc1. The number of nitrogens with one attached hydrogen (secondary N) is 1. The highest BCUT2D eigenvalue weighted by atomic mass is 16.3. The molecule has 192 valence electrons. The van der Waals surface area contributed by atoms with Gasteiger partial charge in [-0.2, -0.15) is 0 Å². The quantitative estimate of drug-likeness (QED) is 0.410. The van der Waals surface area contributed by atoms with Gasteiger partial charge in [0.1, 0.15) is 22.9 Å². The van der Waals surface area contributed by atoms with Crippen LogP contribution in [0.4, 0.5) is 0 Å². The third-order valence-corrected chi connectivity index (χ3v) is 7.05. The summed E-state index contributed by atoms with van der Waals surface area (Å²) in [6.07, 6.45) is 6.45. The Labute approximate surface area is 213 Å². The summed E-state index contributed by atoms with van der Waals surface area (Å²) >= 11 is 0. The lowest BCUT2D eigenvalue weighted by molar-refractivity contribution is 0.0951. The van der Waals surface area contributed by atoms with Crippen molar-refractivity contribution in [3.8, 4) is 28.4 Å². The van der Waals surface area contributed by atoms with Gasteiger partial charge in [-0.3, -0.25) is 9.69 Å². The van der Waals surface area contributed by atoms with E-state index in [2.05, 4.69) is 39.7 Å². The van der Waals surface area contributed by atoms with Crippen molar-refractivity contribution in [2.75, 3.05) is 13.6 Å². The van der Waals surface area contributed by atoms with E-state index in [1.54, 1.807) is 6.07 Å². The normalized spacial score (nSPS) is 14.5. The van der Waals surface area contributed by atoms with Crippen molar-refractivity contribution < 1.29 is 15.0 Å². The highest BCUT2D eigenvalue weighted by Gasteiger charge is 2.25. The molecule has 0 bridgehead atoms. The van der Waals surface area contributed by atoms with E-state index in [9.17, 15) is 15.0 Å². The van der Waals surface area contributed by atoms with Crippen molar-refractivity contribution in [3.05, 3.63) is 53.2 Å². The summed E-state index contributed by atoms with van der Waals surface area (Å²) in [5.41, 5.74) is 3.66. The van der Waals surface area contributed by atoms with Gasteiger partial charge in [-0.15, -0.1) is 5.10 Å². The topological polar surface area (TPSA) is 104 Å². The molecule has 0 unspecified atom stereocenters. The summed E-state index contributed by atoms with van der Waals surface area (Å²) < 4.78 is 1.48. The lowest BCUT2D eigenvalue weighted by Gasteiger charge is -2.31. The lowest BCUT2D eigenvalue weighted by Crippen LogP contribution is -2.32. The standard InChI is InChI=1S/C28H37N5O3/c1-5-29-28(36)26-27(33(31-30-26)23-15-22(18(2)3)24(34)16-25(23)35)20-13-11-19(12-14-20)17-32(4)21-9-7-6-8-10-21/h11-16,18,21,34-35H,5-10,17H2,1-4H3,(H,29,36). The minimum absolute atomic E-state index is 0.0169. The van der Waals surface area contributed by atoms with Gasteiger partial charge in [-0.25, -0.2) is 4.68 Å². The highest BCUT2D eigenvalue weighted by Crippen LogP contribution is 2.36. The fourth-order valence-electron chi connectivity index (χ4n) is 5.03. The Morgan fingerprint density at radius 1 is 1.11 bits per heavy atom. The Morgan fingerprint density at radius 3 is 2.44 bits per heavy atom. The van der Waals surface area contributed by atoms with Crippen LogP contribution < -0.4 is 5.32 Å². The molecule has 3 N–H and O–H groups in total. The van der Waals surface area contributed by atoms with E-state index < -0.39 is 0 Å². The van der Waals surface area contributed by atoms with Crippen LogP contribution in [0.1, 0.15) is 80.4 Å². The summed E-state index contributed by atoms with van der Waals surface area (Å²) in [5.74, 6) is -0.429. The summed E-state index contributed by atoms with van der Waals surface area (Å²) in [5, 5.41) is 32.2. The minimum atomic E-state index is -0.331. The van der Waals surface area contributed by atoms with Gasteiger partial charge in [0.2, 0.25) is 0 Å². The van der Waals surface area contributed by atoms with Crippen LogP contribution >= 0.6 is 0 Å². The number of nitrogens with zero attached hydrogens (tertiary/aromatic N) is 4. The third kappa shape index (κ3) is 5.38. The molecule has 8 heteroatoms. The van der Waals surface area contributed by atoms with Crippen molar-refractivity contribution in [3.63, 3.8) is 0 Å². The molecular weight excluding hydrogens is 454 g/mol. The molecule has 1 amide bonds. The number of benzene rings is 2. The first-order valence-corrected chi connectivity index (χ1v) is 12.9. The van der Waals surface area contributed by atoms with Crippen LogP contribution in [0.15, 0.2) is 36.4 Å². The van der Waals surface area contributed by atoms with E-state index in [-0.39, 0.29) is 29.0 Å². The van der Waals surface area contributed by atoms with Gasteiger partial charge in [0.05, 0.1) is 0 Å². The van der Waals surface area contributed by atoms with Crippen LogP contribution in [0.3, 0.4) is 0 Å². The Morgan fingerprint density at radius 2 is 1.81 bits per heavy atom. The van der Waals surface area contributed by atoms with E-state index in [0.717, 1.165) is 12.1 Å². The second kappa shape index (κ2) is 11.1. The van der Waals surface area contributed by atoms with Crippen molar-refractivity contribution >= 4 is 5.91 Å². The average molecular weight is 492 g/mol. The Hall–Kier alpha value is -3.39. The first kappa shape index (κ1) is 25.7. The summed E-state index contributed by atoms with van der Waals surface area (Å²) in [6, 6.07) is 11.7. The molecule has 0 spiro atoms. The zero-order chi connectivity index (χ0) is 25.8. The molecule has 2 aromatic carbocycles. The first-order valence-electron chi connectivity index (χ1n) is 12.9. The number of hydrogen-bond donors (Lipinski definition) is 3. The van der Waals surface area contributed by atoms with Crippen molar-refractivity contribution in [1.82, 2.24) is 25.2 Å². The van der Waals surface area contributed by atoms with Crippen molar-refractivity contribution in [2.45, 2.75) is 71.4 Å². The van der Waals surface area contributed by atoms with Gasteiger partial charge in [0.25, 0.3) is 5.91 Å². The molecule has 36 heavy (non-hydrogen) atoms. The first-order chi connectivity index (χ1) is 17.3. The van der Waals surface area contributed by atoms with Gasteiger partial charge in [0.15, 0.2) is 5.69 Å². The molecule has 1 saturated carbocycles. The van der Waals surface area contributed by atoms with E-state index in [0.29, 0.717) is 29.5 Å².